The molecule has 0 spiro atoms. The van der Waals surface area contributed by atoms with Gasteiger partial charge in [0.25, 0.3) is 0 Å². The van der Waals surface area contributed by atoms with Crippen LogP contribution in [0.2, 0.25) is 0 Å². The highest BCUT2D eigenvalue weighted by atomic mass is 31.2. The number of hydrogen-bond donors (Lipinski definition) is 1. The predicted octanol–water partition coefficient (Wildman–Crippen LogP) is 12.8. The van der Waals surface area contributed by atoms with Gasteiger partial charge in [0.2, 0.25) is 0 Å². The first-order valence-corrected chi connectivity index (χ1v) is 23.4. The SMILES string of the molecule is CC/C=C\C/C=C\C/C=C\C/C=C\CCCCCCCCCCCCCCCOCC(COP(=O)(O)OCC[N+](C)(C)C)OC(=O)CCCCCCCC. The zero-order chi connectivity index (χ0) is 39.9. The van der Waals surface area contributed by atoms with E-state index in [-0.39, 0.29) is 25.8 Å². The maximum Gasteiger partial charge on any atom is 0.472 e. The first-order valence-electron chi connectivity index (χ1n) is 21.9. The van der Waals surface area contributed by atoms with E-state index in [0.717, 1.165) is 57.8 Å². The van der Waals surface area contributed by atoms with E-state index in [4.69, 9.17) is 18.5 Å². The third-order valence-corrected chi connectivity index (χ3v) is 10.1. The fourth-order valence-electron chi connectivity index (χ4n) is 5.78. The number of ether oxygens (including phenoxy) is 2. The van der Waals surface area contributed by atoms with E-state index in [0.29, 0.717) is 24.1 Å². The molecule has 0 saturated carbocycles. The molecule has 0 aliphatic heterocycles. The summed E-state index contributed by atoms with van der Waals surface area (Å²) in [6, 6.07) is 0. The molecule has 316 valence electrons. The number of carbonyl (C=O) groups is 1. The Bertz CT molecular complexity index is 1000. The number of esters is 1. The fraction of sp³-hybridized carbons (Fsp3) is 0.800. The van der Waals surface area contributed by atoms with Gasteiger partial charge >= 0.3 is 13.8 Å². The molecule has 0 bridgehead atoms. The molecule has 0 fully saturated rings. The van der Waals surface area contributed by atoms with Crippen LogP contribution < -0.4 is 0 Å². The van der Waals surface area contributed by atoms with Crippen LogP contribution in [0.15, 0.2) is 48.6 Å². The number of phosphoric acid groups is 1. The molecule has 8 nitrogen and oxygen atoms in total. The standard InChI is InChI=1S/C45H84NO7P/c1-6-8-10-12-14-15-16-17-18-19-20-21-22-23-24-25-26-27-28-29-30-31-32-33-35-37-40-50-42-44(53-45(47)38-36-34-13-11-9-7-2)43-52-54(48,49)51-41-39-46(3,4)5/h8,10,14-15,17-18,20-21,44H,6-7,9,11-13,16,19,22-43H2,1-5H3/p+1/b10-8-,15-14-,18-17-,21-20-. The van der Waals surface area contributed by atoms with E-state index in [1.54, 1.807) is 0 Å². The quantitative estimate of drug-likeness (QED) is 0.0218. The number of unbranched alkanes of at least 4 members (excludes halogenated alkanes) is 18. The Morgan fingerprint density at radius 3 is 1.61 bits per heavy atom. The van der Waals surface area contributed by atoms with Crippen molar-refractivity contribution in [2.75, 3.05) is 54.1 Å². The fourth-order valence-corrected chi connectivity index (χ4v) is 6.52. The van der Waals surface area contributed by atoms with E-state index in [2.05, 4.69) is 62.5 Å². The Hall–Kier alpha value is -1.54. The Morgan fingerprint density at radius 2 is 1.07 bits per heavy atom. The van der Waals surface area contributed by atoms with Crippen molar-refractivity contribution in [1.29, 1.82) is 0 Å². The molecule has 0 heterocycles. The van der Waals surface area contributed by atoms with Gasteiger partial charge in [-0.2, -0.15) is 0 Å². The largest absolute Gasteiger partial charge is 0.472 e. The smallest absolute Gasteiger partial charge is 0.457 e. The van der Waals surface area contributed by atoms with Crippen molar-refractivity contribution in [3.8, 4) is 0 Å². The lowest BCUT2D eigenvalue weighted by molar-refractivity contribution is -0.870. The first kappa shape index (κ1) is 52.5. The van der Waals surface area contributed by atoms with Gasteiger partial charge in [-0.15, -0.1) is 0 Å². The molecule has 0 rings (SSSR count). The second kappa shape index (κ2) is 38.3. The average molecular weight is 783 g/mol. The van der Waals surface area contributed by atoms with Crippen LogP contribution in [0.25, 0.3) is 0 Å². The Labute approximate surface area is 333 Å². The molecule has 0 amide bonds. The lowest BCUT2D eigenvalue weighted by Crippen LogP contribution is -2.37. The second-order valence-corrected chi connectivity index (χ2v) is 17.2. The predicted molar refractivity (Wildman–Crippen MR) is 229 cm³/mol. The Balaban J connectivity index is 3.94. The molecule has 0 aromatic carbocycles. The summed E-state index contributed by atoms with van der Waals surface area (Å²) in [6.07, 6.45) is 46.1. The third-order valence-electron chi connectivity index (χ3n) is 9.15. The number of hydrogen-bond acceptors (Lipinski definition) is 6. The van der Waals surface area contributed by atoms with Gasteiger partial charge in [-0.3, -0.25) is 13.8 Å². The minimum atomic E-state index is -4.26. The zero-order valence-corrected chi connectivity index (χ0v) is 36.6. The number of rotatable bonds is 40. The van der Waals surface area contributed by atoms with Gasteiger partial charge in [-0.25, -0.2) is 4.57 Å². The van der Waals surface area contributed by atoms with Crippen LogP contribution in [0.3, 0.4) is 0 Å². The molecule has 54 heavy (non-hydrogen) atoms. The Kier molecular flexibility index (Phi) is 37.2. The summed E-state index contributed by atoms with van der Waals surface area (Å²) in [4.78, 5) is 22.6. The van der Waals surface area contributed by atoms with Crippen molar-refractivity contribution in [3.63, 3.8) is 0 Å². The van der Waals surface area contributed by atoms with Gasteiger partial charge < -0.3 is 18.9 Å². The van der Waals surface area contributed by atoms with Crippen LogP contribution in [-0.2, 0) is 27.9 Å². The van der Waals surface area contributed by atoms with Crippen molar-refractivity contribution in [2.45, 2.75) is 180 Å². The van der Waals surface area contributed by atoms with Gasteiger partial charge in [0, 0.05) is 13.0 Å². The van der Waals surface area contributed by atoms with Gasteiger partial charge in [-0.05, 0) is 51.4 Å². The molecule has 2 atom stereocenters. The summed E-state index contributed by atoms with van der Waals surface area (Å²) in [5.41, 5.74) is 0. The minimum absolute atomic E-state index is 0.0882. The second-order valence-electron chi connectivity index (χ2n) is 15.7. The van der Waals surface area contributed by atoms with E-state index in [1.807, 2.05) is 21.1 Å². The topological polar surface area (TPSA) is 91.3 Å². The van der Waals surface area contributed by atoms with Crippen molar-refractivity contribution in [3.05, 3.63) is 48.6 Å². The summed E-state index contributed by atoms with van der Waals surface area (Å²) >= 11 is 0. The molecule has 0 saturated heterocycles. The van der Waals surface area contributed by atoms with E-state index in [1.165, 1.54) is 96.3 Å². The zero-order valence-electron chi connectivity index (χ0n) is 35.7. The molecule has 9 heteroatoms. The first-order chi connectivity index (χ1) is 26.1. The van der Waals surface area contributed by atoms with E-state index >= 15 is 0 Å². The van der Waals surface area contributed by atoms with Crippen LogP contribution in [0.4, 0.5) is 0 Å². The maximum absolute atomic E-state index is 12.5. The van der Waals surface area contributed by atoms with E-state index < -0.39 is 13.9 Å². The number of quaternary nitrogens is 1. The van der Waals surface area contributed by atoms with Crippen LogP contribution >= 0.6 is 7.82 Å². The number of carbonyl (C=O) groups excluding carboxylic acids is 1. The molecule has 0 aliphatic rings. The summed E-state index contributed by atoms with van der Waals surface area (Å²) < 4.78 is 34.8. The number of phosphoric ester groups is 1. The highest BCUT2D eigenvalue weighted by Crippen LogP contribution is 2.43. The van der Waals surface area contributed by atoms with Gasteiger partial charge in [0.1, 0.15) is 19.3 Å². The summed E-state index contributed by atoms with van der Waals surface area (Å²) in [7, 11) is 1.66. The van der Waals surface area contributed by atoms with Gasteiger partial charge in [0.15, 0.2) is 0 Å². The van der Waals surface area contributed by atoms with Crippen molar-refractivity contribution in [2.24, 2.45) is 0 Å². The maximum atomic E-state index is 12.5. The van der Waals surface area contributed by atoms with Crippen LogP contribution in [0.1, 0.15) is 174 Å². The summed E-state index contributed by atoms with van der Waals surface area (Å²) in [6.45, 7) is 5.44. The van der Waals surface area contributed by atoms with Crippen LogP contribution in [-0.4, -0.2) is 75.6 Å². The van der Waals surface area contributed by atoms with Gasteiger partial charge in [0.05, 0.1) is 34.4 Å². The number of allylic oxidation sites excluding steroid dienone is 8. The number of nitrogens with zero attached hydrogens (tertiary/aromatic N) is 1. The molecular weight excluding hydrogens is 697 g/mol. The normalized spacial score (nSPS) is 14.3. The van der Waals surface area contributed by atoms with Crippen molar-refractivity contribution >= 4 is 13.8 Å². The molecule has 0 aromatic heterocycles. The van der Waals surface area contributed by atoms with Crippen LogP contribution in [0.5, 0.6) is 0 Å². The minimum Gasteiger partial charge on any atom is -0.457 e. The summed E-state index contributed by atoms with van der Waals surface area (Å²) in [5.74, 6) is -0.324. The average Bonchev–Trinajstić information content (AvgIpc) is 3.12. The highest BCUT2D eigenvalue weighted by molar-refractivity contribution is 7.47. The molecule has 1 N–H and O–H groups in total. The molecular formula is C45H85NO7P+. The molecule has 0 radical (unpaired) electrons. The van der Waals surface area contributed by atoms with Gasteiger partial charge in [-0.1, -0.05) is 165 Å². The summed E-state index contributed by atoms with van der Waals surface area (Å²) in [5, 5.41) is 0. The lowest BCUT2D eigenvalue weighted by Gasteiger charge is -2.24. The lowest BCUT2D eigenvalue weighted by atomic mass is 10.0. The number of likely N-dealkylation sites (N-methyl/N-ethyl adjacent to an activating group) is 1. The monoisotopic (exact) mass is 783 g/mol. The molecule has 2 unspecified atom stereocenters. The molecule has 0 aliphatic carbocycles. The van der Waals surface area contributed by atoms with Crippen molar-refractivity contribution in [1.82, 2.24) is 0 Å². The Morgan fingerprint density at radius 1 is 0.593 bits per heavy atom. The highest BCUT2D eigenvalue weighted by Gasteiger charge is 2.26. The van der Waals surface area contributed by atoms with E-state index in [9.17, 15) is 14.3 Å². The third kappa shape index (κ3) is 41.6. The van der Waals surface area contributed by atoms with Crippen LogP contribution in [0, 0.1) is 0 Å². The molecule has 0 aromatic rings. The van der Waals surface area contributed by atoms with Crippen molar-refractivity contribution < 1.29 is 37.3 Å².